The number of carbonyl (C=O) groups is 2. The number of benzene rings is 2. The maximum Gasteiger partial charge on any atom is 0.254 e. The molecular weight excluding hydrogens is 450 g/mol. The van der Waals surface area contributed by atoms with Gasteiger partial charge in [0.25, 0.3) is 5.91 Å². The lowest BCUT2D eigenvalue weighted by Crippen LogP contribution is -2.40. The Morgan fingerprint density at radius 3 is 2.53 bits per heavy atom. The number of para-hydroxylation sites is 1. The van der Waals surface area contributed by atoms with Gasteiger partial charge in [-0.1, -0.05) is 18.2 Å². The summed E-state index contributed by atoms with van der Waals surface area (Å²) >= 11 is 1.51. The molecule has 172 valence electrons. The first kappa shape index (κ1) is 24.2. The van der Waals surface area contributed by atoms with Gasteiger partial charge in [-0.15, -0.1) is 11.8 Å². The molecule has 10 heteroatoms. The third kappa shape index (κ3) is 5.50. The van der Waals surface area contributed by atoms with Gasteiger partial charge in [-0.25, -0.2) is 8.42 Å². The number of amides is 2. The van der Waals surface area contributed by atoms with Gasteiger partial charge in [0.1, 0.15) is 0 Å². The maximum atomic E-state index is 13.0. The van der Waals surface area contributed by atoms with E-state index in [4.69, 9.17) is 4.74 Å². The van der Waals surface area contributed by atoms with Crippen LogP contribution in [0.1, 0.15) is 15.9 Å². The Balaban J connectivity index is 1.75. The third-order valence-corrected chi connectivity index (χ3v) is 7.85. The van der Waals surface area contributed by atoms with Crippen LogP contribution in [0.25, 0.3) is 0 Å². The number of morpholine rings is 1. The summed E-state index contributed by atoms with van der Waals surface area (Å²) in [4.78, 5) is 27.8. The molecule has 0 atom stereocenters. The first-order valence-electron chi connectivity index (χ1n) is 10.1. The number of likely N-dealkylation sites (N-methyl/N-ethyl adjacent to an activating group) is 1. The van der Waals surface area contributed by atoms with E-state index in [0.717, 1.165) is 4.90 Å². The number of nitrogens with one attached hydrogen (secondary N) is 1. The zero-order valence-corrected chi connectivity index (χ0v) is 20.0. The van der Waals surface area contributed by atoms with Gasteiger partial charge in [0.15, 0.2) is 0 Å². The van der Waals surface area contributed by atoms with E-state index in [9.17, 15) is 18.0 Å². The van der Waals surface area contributed by atoms with Crippen molar-refractivity contribution in [2.75, 3.05) is 51.5 Å². The monoisotopic (exact) mass is 477 g/mol. The van der Waals surface area contributed by atoms with E-state index in [-0.39, 0.29) is 36.0 Å². The summed E-state index contributed by atoms with van der Waals surface area (Å²) in [5.74, 6) is -0.757. The number of hydrogen-bond acceptors (Lipinski definition) is 6. The first-order valence-corrected chi connectivity index (χ1v) is 12.8. The van der Waals surface area contributed by atoms with Crippen LogP contribution in [0.3, 0.4) is 0 Å². The highest BCUT2D eigenvalue weighted by Gasteiger charge is 2.28. The number of carbonyl (C=O) groups excluding carboxylic acids is 2. The van der Waals surface area contributed by atoms with Crippen molar-refractivity contribution < 1.29 is 22.7 Å². The lowest BCUT2D eigenvalue weighted by Gasteiger charge is -2.26. The van der Waals surface area contributed by atoms with Crippen LogP contribution in [0.4, 0.5) is 5.69 Å². The van der Waals surface area contributed by atoms with Gasteiger partial charge >= 0.3 is 0 Å². The van der Waals surface area contributed by atoms with Crippen LogP contribution in [0.15, 0.2) is 52.3 Å². The van der Waals surface area contributed by atoms with Crippen molar-refractivity contribution in [1.29, 1.82) is 0 Å². The smallest absolute Gasteiger partial charge is 0.254 e. The second-order valence-electron chi connectivity index (χ2n) is 7.40. The Bertz CT molecular complexity index is 1100. The van der Waals surface area contributed by atoms with Crippen LogP contribution in [0.2, 0.25) is 0 Å². The molecule has 0 unspecified atom stereocenters. The molecular formula is C22H27N3O5S2. The van der Waals surface area contributed by atoms with Gasteiger partial charge in [0.05, 0.1) is 30.3 Å². The number of anilines is 1. The Kier molecular flexibility index (Phi) is 7.94. The topological polar surface area (TPSA) is 96.0 Å². The second-order valence-corrected chi connectivity index (χ2v) is 10.2. The summed E-state index contributed by atoms with van der Waals surface area (Å²) in [7, 11) is -2.21. The van der Waals surface area contributed by atoms with Crippen molar-refractivity contribution in [3.63, 3.8) is 0 Å². The van der Waals surface area contributed by atoms with E-state index >= 15 is 0 Å². The minimum absolute atomic E-state index is 0.0556. The van der Waals surface area contributed by atoms with Gasteiger partial charge in [-0.2, -0.15) is 4.31 Å². The first-order chi connectivity index (χ1) is 15.2. The molecule has 1 fully saturated rings. The van der Waals surface area contributed by atoms with Gasteiger partial charge in [0, 0.05) is 30.6 Å². The summed E-state index contributed by atoms with van der Waals surface area (Å²) in [5, 5.41) is 2.82. The van der Waals surface area contributed by atoms with Crippen LogP contribution in [-0.2, 0) is 19.6 Å². The minimum Gasteiger partial charge on any atom is -0.379 e. The summed E-state index contributed by atoms with van der Waals surface area (Å²) in [5.41, 5.74) is 1.57. The fourth-order valence-corrected chi connectivity index (χ4v) is 5.35. The Labute approximate surface area is 193 Å². The average molecular weight is 478 g/mol. The SMILES string of the molecule is CSc1ccccc1NC(=O)CN(C)C(=O)c1cc(S(=O)(=O)N2CCOCC2)ccc1C. The standard InChI is InChI=1S/C22H27N3O5S2/c1-16-8-9-17(32(28,29)25-10-12-30-13-11-25)14-18(16)22(27)24(2)15-21(26)23-19-6-4-5-7-20(19)31-3/h4-9,14H,10-13,15H2,1-3H3,(H,23,26). The van der Waals surface area contributed by atoms with E-state index < -0.39 is 15.9 Å². The fraction of sp³-hybridized carbons (Fsp3) is 0.364. The third-order valence-electron chi connectivity index (χ3n) is 5.16. The molecule has 32 heavy (non-hydrogen) atoms. The highest BCUT2D eigenvalue weighted by molar-refractivity contribution is 7.98. The summed E-state index contributed by atoms with van der Waals surface area (Å²) in [6.07, 6.45) is 1.92. The van der Waals surface area contributed by atoms with Crippen LogP contribution in [0.5, 0.6) is 0 Å². The number of hydrogen-bond donors (Lipinski definition) is 1. The predicted molar refractivity (Wildman–Crippen MR) is 125 cm³/mol. The fourth-order valence-electron chi connectivity index (χ4n) is 3.36. The molecule has 0 aliphatic carbocycles. The predicted octanol–water partition coefficient (Wildman–Crippen LogP) is 2.45. The number of thioether (sulfide) groups is 1. The van der Waals surface area contributed by atoms with Crippen molar-refractivity contribution >= 4 is 39.3 Å². The quantitative estimate of drug-likeness (QED) is 0.616. The van der Waals surface area contributed by atoms with E-state index in [1.54, 1.807) is 19.1 Å². The van der Waals surface area contributed by atoms with Crippen molar-refractivity contribution in [2.45, 2.75) is 16.7 Å². The highest BCUT2D eigenvalue weighted by Crippen LogP contribution is 2.25. The molecule has 1 heterocycles. The molecule has 2 amide bonds. The van der Waals surface area contributed by atoms with Crippen molar-refractivity contribution in [1.82, 2.24) is 9.21 Å². The Morgan fingerprint density at radius 2 is 1.84 bits per heavy atom. The van der Waals surface area contributed by atoms with Gasteiger partial charge in [-0.05, 0) is 43.0 Å². The van der Waals surface area contributed by atoms with Crippen LogP contribution in [-0.4, -0.2) is 75.6 Å². The molecule has 0 spiro atoms. The zero-order chi connectivity index (χ0) is 23.3. The highest BCUT2D eigenvalue weighted by atomic mass is 32.2. The molecule has 3 rings (SSSR count). The van der Waals surface area contributed by atoms with Crippen LogP contribution < -0.4 is 5.32 Å². The normalized spacial score (nSPS) is 14.7. The van der Waals surface area contributed by atoms with E-state index in [0.29, 0.717) is 24.5 Å². The molecule has 0 radical (unpaired) electrons. The molecule has 1 N–H and O–H groups in total. The van der Waals surface area contributed by atoms with E-state index in [1.165, 1.54) is 40.1 Å². The number of sulfonamides is 1. The largest absolute Gasteiger partial charge is 0.379 e. The Morgan fingerprint density at radius 1 is 1.16 bits per heavy atom. The number of aryl methyl sites for hydroxylation is 1. The van der Waals surface area contributed by atoms with Gasteiger partial charge in [-0.3, -0.25) is 9.59 Å². The van der Waals surface area contributed by atoms with Crippen LogP contribution >= 0.6 is 11.8 Å². The summed E-state index contributed by atoms with van der Waals surface area (Å²) in [6.45, 7) is 2.80. The summed E-state index contributed by atoms with van der Waals surface area (Å²) < 4.78 is 32.5. The number of ether oxygens (including phenoxy) is 1. The average Bonchev–Trinajstić information content (AvgIpc) is 2.79. The van der Waals surface area contributed by atoms with Crippen molar-refractivity contribution in [2.24, 2.45) is 0 Å². The minimum atomic E-state index is -3.73. The number of nitrogens with zero attached hydrogens (tertiary/aromatic N) is 2. The van der Waals surface area contributed by atoms with E-state index in [1.807, 2.05) is 24.5 Å². The van der Waals surface area contributed by atoms with Gasteiger partial charge in [0.2, 0.25) is 15.9 Å². The lowest BCUT2D eigenvalue weighted by atomic mass is 10.1. The molecule has 1 aliphatic rings. The van der Waals surface area contributed by atoms with Crippen molar-refractivity contribution in [3.8, 4) is 0 Å². The molecule has 8 nitrogen and oxygen atoms in total. The Hall–Kier alpha value is -2.40. The van der Waals surface area contributed by atoms with E-state index in [2.05, 4.69) is 5.32 Å². The molecule has 0 aromatic heterocycles. The zero-order valence-electron chi connectivity index (χ0n) is 18.3. The summed E-state index contributed by atoms with van der Waals surface area (Å²) in [6, 6.07) is 11.9. The molecule has 0 bridgehead atoms. The lowest BCUT2D eigenvalue weighted by molar-refractivity contribution is -0.116. The second kappa shape index (κ2) is 10.5. The maximum absolute atomic E-state index is 13.0. The van der Waals surface area contributed by atoms with Gasteiger partial charge < -0.3 is 15.0 Å². The number of rotatable bonds is 7. The van der Waals surface area contributed by atoms with Crippen molar-refractivity contribution in [3.05, 3.63) is 53.6 Å². The molecule has 0 saturated carbocycles. The molecule has 1 aliphatic heterocycles. The molecule has 2 aromatic rings. The molecule has 2 aromatic carbocycles. The molecule has 1 saturated heterocycles. The van der Waals surface area contributed by atoms with Crippen LogP contribution in [0, 0.1) is 6.92 Å².